The van der Waals surface area contributed by atoms with Gasteiger partial charge in [0, 0.05) is 0 Å². The molecule has 0 aliphatic heterocycles. The van der Waals surface area contributed by atoms with Crippen molar-refractivity contribution in [2.45, 2.75) is 20.0 Å². The van der Waals surface area contributed by atoms with E-state index in [2.05, 4.69) is 5.32 Å². The van der Waals surface area contributed by atoms with E-state index in [1.807, 2.05) is 0 Å². The van der Waals surface area contributed by atoms with Crippen LogP contribution in [0.5, 0.6) is 5.75 Å². The van der Waals surface area contributed by atoms with Crippen molar-refractivity contribution >= 4 is 23.2 Å². The molecule has 1 amide bonds. The summed E-state index contributed by atoms with van der Waals surface area (Å²) >= 11 is 5.82. The lowest BCUT2D eigenvalue weighted by atomic mass is 10.2. The van der Waals surface area contributed by atoms with E-state index in [9.17, 15) is 13.6 Å². The van der Waals surface area contributed by atoms with Gasteiger partial charge in [0.1, 0.15) is 17.4 Å². The highest BCUT2D eigenvalue weighted by Gasteiger charge is 2.18. The second-order valence-electron chi connectivity index (χ2n) is 4.81. The Morgan fingerprint density at radius 2 is 1.95 bits per heavy atom. The molecule has 2 aromatic carbocycles. The van der Waals surface area contributed by atoms with Crippen molar-refractivity contribution < 1.29 is 18.3 Å². The number of nitrogens with one attached hydrogen (secondary N) is 1. The first kappa shape index (κ1) is 16.2. The first-order chi connectivity index (χ1) is 10.4. The number of carbonyl (C=O) groups excluding carboxylic acids is 1. The molecule has 0 fully saturated rings. The molecule has 1 N–H and O–H groups in total. The van der Waals surface area contributed by atoms with E-state index in [4.69, 9.17) is 16.3 Å². The predicted molar refractivity (Wildman–Crippen MR) is 81.3 cm³/mol. The maximum atomic E-state index is 13.7. The van der Waals surface area contributed by atoms with Gasteiger partial charge in [0.05, 0.1) is 10.7 Å². The lowest BCUT2D eigenvalue weighted by Gasteiger charge is -2.16. The Balaban J connectivity index is 2.05. The van der Waals surface area contributed by atoms with Crippen LogP contribution in [0.3, 0.4) is 0 Å². The Labute approximate surface area is 131 Å². The second-order valence-corrected chi connectivity index (χ2v) is 5.21. The number of benzene rings is 2. The van der Waals surface area contributed by atoms with E-state index in [0.29, 0.717) is 0 Å². The van der Waals surface area contributed by atoms with Crippen LogP contribution in [0.1, 0.15) is 12.5 Å². The van der Waals surface area contributed by atoms with E-state index in [-0.39, 0.29) is 16.5 Å². The van der Waals surface area contributed by atoms with Gasteiger partial charge in [-0.05, 0) is 49.7 Å². The van der Waals surface area contributed by atoms with Gasteiger partial charge in [0.2, 0.25) is 0 Å². The smallest absolute Gasteiger partial charge is 0.265 e. The summed E-state index contributed by atoms with van der Waals surface area (Å²) < 4.78 is 32.0. The van der Waals surface area contributed by atoms with Crippen LogP contribution in [-0.2, 0) is 4.79 Å². The molecular formula is C16H14ClF2NO2. The number of hydrogen-bond donors (Lipinski definition) is 1. The summed E-state index contributed by atoms with van der Waals surface area (Å²) in [7, 11) is 0. The van der Waals surface area contributed by atoms with Gasteiger partial charge in [-0.25, -0.2) is 8.78 Å². The van der Waals surface area contributed by atoms with Crippen molar-refractivity contribution in [1.29, 1.82) is 0 Å². The molecule has 3 nitrogen and oxygen atoms in total. The standard InChI is InChI=1S/C16H14ClF2NO2/c1-9-3-5-14(13(19)7-9)20-16(21)10(2)22-15-6-4-11(18)8-12(15)17/h3-8,10H,1-2H3,(H,20,21). The van der Waals surface area contributed by atoms with Crippen molar-refractivity contribution in [3.8, 4) is 5.75 Å². The van der Waals surface area contributed by atoms with Crippen LogP contribution < -0.4 is 10.1 Å². The van der Waals surface area contributed by atoms with Crippen molar-refractivity contribution in [2.24, 2.45) is 0 Å². The first-order valence-corrected chi connectivity index (χ1v) is 6.93. The molecule has 0 heterocycles. The van der Waals surface area contributed by atoms with Crippen LogP contribution in [0, 0.1) is 18.6 Å². The Morgan fingerprint density at radius 3 is 2.59 bits per heavy atom. The molecule has 2 aromatic rings. The van der Waals surface area contributed by atoms with Crippen LogP contribution in [0.25, 0.3) is 0 Å². The molecule has 2 rings (SSSR count). The van der Waals surface area contributed by atoms with E-state index in [1.165, 1.54) is 31.2 Å². The Morgan fingerprint density at radius 1 is 1.23 bits per heavy atom. The number of amides is 1. The van der Waals surface area contributed by atoms with Crippen LogP contribution in [0.15, 0.2) is 36.4 Å². The summed E-state index contributed by atoms with van der Waals surface area (Å²) in [5.41, 5.74) is 0.814. The number of hydrogen-bond acceptors (Lipinski definition) is 2. The van der Waals surface area contributed by atoms with E-state index in [1.54, 1.807) is 13.0 Å². The molecule has 6 heteroatoms. The molecule has 0 aromatic heterocycles. The number of rotatable bonds is 4. The molecule has 0 spiro atoms. The third kappa shape index (κ3) is 3.95. The first-order valence-electron chi connectivity index (χ1n) is 6.55. The van der Waals surface area contributed by atoms with E-state index in [0.717, 1.165) is 11.6 Å². The molecule has 22 heavy (non-hydrogen) atoms. The lowest BCUT2D eigenvalue weighted by molar-refractivity contribution is -0.122. The third-order valence-corrected chi connectivity index (χ3v) is 3.24. The van der Waals surface area contributed by atoms with Crippen molar-refractivity contribution in [3.05, 3.63) is 58.6 Å². The summed E-state index contributed by atoms with van der Waals surface area (Å²) in [6.07, 6.45) is -0.927. The molecule has 0 aliphatic rings. The normalized spacial score (nSPS) is 11.9. The molecule has 1 unspecified atom stereocenters. The van der Waals surface area contributed by atoms with Crippen molar-refractivity contribution in [1.82, 2.24) is 0 Å². The largest absolute Gasteiger partial charge is 0.479 e. The van der Waals surface area contributed by atoms with Gasteiger partial charge in [-0.2, -0.15) is 0 Å². The van der Waals surface area contributed by atoms with Crippen LogP contribution in [0.2, 0.25) is 5.02 Å². The molecule has 1 atom stereocenters. The Bertz CT molecular complexity index is 707. The zero-order valence-electron chi connectivity index (χ0n) is 12.0. The molecule has 0 saturated heterocycles. The second kappa shape index (κ2) is 6.75. The fourth-order valence-corrected chi connectivity index (χ4v) is 1.98. The zero-order valence-corrected chi connectivity index (χ0v) is 12.7. The average Bonchev–Trinajstić information content (AvgIpc) is 2.44. The molecule has 0 saturated carbocycles. The van der Waals surface area contributed by atoms with E-state index >= 15 is 0 Å². The van der Waals surface area contributed by atoms with Crippen LogP contribution in [-0.4, -0.2) is 12.0 Å². The summed E-state index contributed by atoms with van der Waals surface area (Å²) in [6.45, 7) is 3.23. The summed E-state index contributed by atoms with van der Waals surface area (Å²) in [5.74, 6) is -1.39. The number of halogens is 3. The van der Waals surface area contributed by atoms with Gasteiger partial charge in [-0.3, -0.25) is 4.79 Å². The molecule has 116 valence electrons. The minimum atomic E-state index is -0.927. The monoisotopic (exact) mass is 325 g/mol. The molecule has 0 bridgehead atoms. The maximum Gasteiger partial charge on any atom is 0.265 e. The SMILES string of the molecule is Cc1ccc(NC(=O)C(C)Oc2ccc(F)cc2Cl)c(F)c1. The number of aryl methyl sites for hydroxylation is 1. The number of anilines is 1. The van der Waals surface area contributed by atoms with Crippen LogP contribution in [0.4, 0.5) is 14.5 Å². The fourth-order valence-electron chi connectivity index (χ4n) is 1.77. The molecular weight excluding hydrogens is 312 g/mol. The number of ether oxygens (including phenoxy) is 1. The van der Waals surface area contributed by atoms with Gasteiger partial charge < -0.3 is 10.1 Å². The molecule has 0 aliphatic carbocycles. The van der Waals surface area contributed by atoms with Gasteiger partial charge >= 0.3 is 0 Å². The van der Waals surface area contributed by atoms with Gasteiger partial charge in [0.25, 0.3) is 5.91 Å². The summed E-state index contributed by atoms with van der Waals surface area (Å²) in [5, 5.41) is 2.49. The number of carbonyl (C=O) groups is 1. The predicted octanol–water partition coefficient (Wildman–Crippen LogP) is 4.33. The quantitative estimate of drug-likeness (QED) is 0.908. The fraction of sp³-hybridized carbons (Fsp3) is 0.188. The topological polar surface area (TPSA) is 38.3 Å². The van der Waals surface area contributed by atoms with Gasteiger partial charge in [-0.15, -0.1) is 0 Å². The summed E-state index contributed by atoms with van der Waals surface area (Å²) in [6, 6.07) is 8.06. The van der Waals surface area contributed by atoms with Crippen molar-refractivity contribution in [3.63, 3.8) is 0 Å². The third-order valence-electron chi connectivity index (χ3n) is 2.95. The summed E-state index contributed by atoms with van der Waals surface area (Å²) in [4.78, 5) is 12.0. The molecule has 0 radical (unpaired) electrons. The minimum Gasteiger partial charge on any atom is -0.479 e. The minimum absolute atomic E-state index is 0.0566. The van der Waals surface area contributed by atoms with E-state index < -0.39 is 23.6 Å². The Hall–Kier alpha value is -2.14. The Kier molecular flexibility index (Phi) is 4.98. The average molecular weight is 326 g/mol. The van der Waals surface area contributed by atoms with Gasteiger partial charge in [-0.1, -0.05) is 17.7 Å². The van der Waals surface area contributed by atoms with Crippen LogP contribution >= 0.6 is 11.6 Å². The highest BCUT2D eigenvalue weighted by molar-refractivity contribution is 6.32. The maximum absolute atomic E-state index is 13.7. The van der Waals surface area contributed by atoms with Crippen molar-refractivity contribution in [2.75, 3.05) is 5.32 Å². The highest BCUT2D eigenvalue weighted by atomic mass is 35.5. The zero-order chi connectivity index (χ0) is 16.3. The highest BCUT2D eigenvalue weighted by Crippen LogP contribution is 2.26. The lowest BCUT2D eigenvalue weighted by Crippen LogP contribution is -2.30. The van der Waals surface area contributed by atoms with Gasteiger partial charge in [0.15, 0.2) is 6.10 Å².